The molecule has 0 radical (unpaired) electrons. The minimum absolute atomic E-state index is 0.0333. The van der Waals surface area contributed by atoms with Gasteiger partial charge in [0, 0.05) is 62.0 Å². The summed E-state index contributed by atoms with van der Waals surface area (Å²) in [5, 5.41) is 0. The molecule has 2 fully saturated rings. The fraction of sp³-hybridized carbons (Fsp3) is 0.429. The third kappa shape index (κ3) is 3.38. The van der Waals surface area contributed by atoms with Crippen LogP contribution in [0, 0.1) is 11.3 Å². The largest absolute Gasteiger partial charge is 0.338 e. The Morgan fingerprint density at radius 3 is 2.14 bits per heavy atom. The molecule has 0 aliphatic carbocycles. The van der Waals surface area contributed by atoms with Gasteiger partial charge in [0.25, 0.3) is 11.8 Å². The number of benzene rings is 1. The van der Waals surface area contributed by atoms with Crippen molar-refractivity contribution in [3.63, 3.8) is 0 Å². The summed E-state index contributed by atoms with van der Waals surface area (Å²) in [7, 11) is 4.09. The zero-order valence-corrected chi connectivity index (χ0v) is 16.3. The van der Waals surface area contributed by atoms with Crippen molar-refractivity contribution in [2.24, 2.45) is 11.3 Å². The molecule has 0 saturated carbocycles. The second kappa shape index (κ2) is 7.31. The van der Waals surface area contributed by atoms with Gasteiger partial charge >= 0.3 is 0 Å². The topological polar surface area (TPSA) is 69.6 Å². The first-order chi connectivity index (χ1) is 13.5. The van der Waals surface area contributed by atoms with Gasteiger partial charge in [0.1, 0.15) is 6.33 Å². The van der Waals surface area contributed by atoms with Gasteiger partial charge in [0.05, 0.1) is 5.56 Å². The van der Waals surface area contributed by atoms with Crippen molar-refractivity contribution >= 4 is 11.8 Å². The van der Waals surface area contributed by atoms with Crippen molar-refractivity contribution in [2.75, 3.05) is 46.8 Å². The molecular weight excluding hydrogens is 354 g/mol. The molecule has 2 saturated heterocycles. The lowest BCUT2D eigenvalue weighted by molar-refractivity contribution is 0.0701. The van der Waals surface area contributed by atoms with Crippen LogP contribution in [-0.4, -0.2) is 83.3 Å². The van der Waals surface area contributed by atoms with Crippen molar-refractivity contribution in [3.8, 4) is 0 Å². The zero-order chi connectivity index (χ0) is 19.7. The van der Waals surface area contributed by atoms with E-state index in [1.54, 1.807) is 12.4 Å². The Morgan fingerprint density at radius 2 is 1.57 bits per heavy atom. The summed E-state index contributed by atoms with van der Waals surface area (Å²) in [6.45, 7) is 3.48. The van der Waals surface area contributed by atoms with Crippen LogP contribution in [0.3, 0.4) is 0 Å². The quantitative estimate of drug-likeness (QED) is 0.800. The lowest BCUT2D eigenvalue weighted by Gasteiger charge is -2.32. The van der Waals surface area contributed by atoms with Crippen molar-refractivity contribution in [1.82, 2.24) is 24.7 Å². The van der Waals surface area contributed by atoms with E-state index in [4.69, 9.17) is 0 Å². The number of hydrogen-bond donors (Lipinski definition) is 0. The van der Waals surface area contributed by atoms with E-state index in [9.17, 15) is 9.59 Å². The van der Waals surface area contributed by atoms with Crippen LogP contribution in [0.1, 0.15) is 20.7 Å². The molecule has 7 heteroatoms. The highest BCUT2D eigenvalue weighted by molar-refractivity contribution is 5.95. The summed E-state index contributed by atoms with van der Waals surface area (Å²) in [5.41, 5.74) is 1.12. The lowest BCUT2D eigenvalue weighted by Crippen LogP contribution is -2.43. The summed E-state index contributed by atoms with van der Waals surface area (Å²) in [5.74, 6) is 0.299. The van der Waals surface area contributed by atoms with E-state index in [1.807, 2.05) is 54.2 Å². The van der Waals surface area contributed by atoms with Gasteiger partial charge in [0.15, 0.2) is 0 Å². The fourth-order valence-corrected chi connectivity index (χ4v) is 4.70. The first kappa shape index (κ1) is 18.6. The zero-order valence-electron chi connectivity index (χ0n) is 16.3. The summed E-state index contributed by atoms with van der Waals surface area (Å²) >= 11 is 0. The van der Waals surface area contributed by atoms with Gasteiger partial charge in [-0.3, -0.25) is 9.59 Å². The molecule has 2 aliphatic rings. The number of carbonyl (C=O) groups is 2. The van der Waals surface area contributed by atoms with Crippen LogP contribution in [0.25, 0.3) is 0 Å². The Labute approximate surface area is 165 Å². The Bertz CT molecular complexity index is 792. The molecule has 0 spiro atoms. The van der Waals surface area contributed by atoms with Crippen molar-refractivity contribution in [3.05, 3.63) is 60.2 Å². The molecule has 2 atom stereocenters. The monoisotopic (exact) mass is 379 g/mol. The third-order valence-electron chi connectivity index (χ3n) is 5.79. The molecule has 2 aromatic rings. The van der Waals surface area contributed by atoms with Crippen LogP contribution in [0.4, 0.5) is 0 Å². The van der Waals surface area contributed by atoms with Crippen LogP contribution in [-0.2, 0) is 0 Å². The van der Waals surface area contributed by atoms with Gasteiger partial charge in [-0.1, -0.05) is 18.2 Å². The number of aromatic nitrogens is 2. The summed E-state index contributed by atoms with van der Waals surface area (Å²) < 4.78 is 0. The molecule has 1 aromatic carbocycles. The molecule has 4 rings (SSSR count). The maximum absolute atomic E-state index is 13.0. The average Bonchev–Trinajstić information content (AvgIpc) is 3.21. The second-order valence-corrected chi connectivity index (χ2v) is 8.16. The molecule has 2 amide bonds. The maximum Gasteiger partial charge on any atom is 0.257 e. The first-order valence-electron chi connectivity index (χ1n) is 9.52. The minimum Gasteiger partial charge on any atom is -0.338 e. The van der Waals surface area contributed by atoms with Crippen LogP contribution in [0.2, 0.25) is 0 Å². The SMILES string of the molecule is CN(C)C[C@@]12CN(C(=O)c3ccccc3)C[C@@H]1CN(C(=O)c1cncnc1)C2. The number of hydrogen-bond acceptors (Lipinski definition) is 5. The lowest BCUT2D eigenvalue weighted by atomic mass is 9.80. The van der Waals surface area contributed by atoms with E-state index in [-0.39, 0.29) is 23.1 Å². The molecule has 0 N–H and O–H groups in total. The van der Waals surface area contributed by atoms with Crippen molar-refractivity contribution < 1.29 is 9.59 Å². The Hall–Kier alpha value is -2.80. The van der Waals surface area contributed by atoms with Crippen LogP contribution in [0.5, 0.6) is 0 Å². The number of fused-ring (bicyclic) bond motifs is 1. The van der Waals surface area contributed by atoms with Crippen molar-refractivity contribution in [2.45, 2.75) is 0 Å². The smallest absolute Gasteiger partial charge is 0.257 e. The van der Waals surface area contributed by atoms with Crippen LogP contribution in [0.15, 0.2) is 49.1 Å². The van der Waals surface area contributed by atoms with E-state index < -0.39 is 0 Å². The first-order valence-corrected chi connectivity index (χ1v) is 9.52. The van der Waals surface area contributed by atoms with Gasteiger partial charge < -0.3 is 14.7 Å². The van der Waals surface area contributed by atoms with E-state index in [0.29, 0.717) is 31.7 Å². The Morgan fingerprint density at radius 1 is 1.00 bits per heavy atom. The fourth-order valence-electron chi connectivity index (χ4n) is 4.70. The molecule has 7 nitrogen and oxygen atoms in total. The van der Waals surface area contributed by atoms with E-state index >= 15 is 0 Å². The van der Waals surface area contributed by atoms with Crippen LogP contribution >= 0.6 is 0 Å². The third-order valence-corrected chi connectivity index (χ3v) is 5.79. The van der Waals surface area contributed by atoms with Gasteiger partial charge in [-0.05, 0) is 26.2 Å². The molecule has 28 heavy (non-hydrogen) atoms. The van der Waals surface area contributed by atoms with Crippen LogP contribution < -0.4 is 0 Å². The maximum atomic E-state index is 13.0. The number of amides is 2. The molecule has 0 unspecified atom stereocenters. The van der Waals surface area contributed by atoms with E-state index in [2.05, 4.69) is 14.9 Å². The molecule has 0 bridgehead atoms. The predicted octanol–water partition coefficient (Wildman–Crippen LogP) is 1.25. The summed E-state index contributed by atoms with van der Waals surface area (Å²) in [6.07, 6.45) is 4.55. The number of rotatable bonds is 4. The normalized spacial score (nSPS) is 23.9. The molecular formula is C21H25N5O2. The molecule has 1 aromatic heterocycles. The van der Waals surface area contributed by atoms with Crippen molar-refractivity contribution in [1.29, 1.82) is 0 Å². The average molecular weight is 379 g/mol. The summed E-state index contributed by atoms with van der Waals surface area (Å²) in [4.78, 5) is 39.8. The van der Waals surface area contributed by atoms with E-state index in [1.165, 1.54) is 6.33 Å². The van der Waals surface area contributed by atoms with Gasteiger partial charge in [0.2, 0.25) is 0 Å². The molecule has 2 aliphatic heterocycles. The Kier molecular flexibility index (Phi) is 4.85. The number of likely N-dealkylation sites (tertiary alicyclic amines) is 2. The predicted molar refractivity (Wildman–Crippen MR) is 105 cm³/mol. The number of nitrogens with zero attached hydrogens (tertiary/aromatic N) is 5. The highest BCUT2D eigenvalue weighted by atomic mass is 16.2. The second-order valence-electron chi connectivity index (χ2n) is 8.16. The van der Waals surface area contributed by atoms with Gasteiger partial charge in [-0.2, -0.15) is 0 Å². The van der Waals surface area contributed by atoms with Gasteiger partial charge in [-0.15, -0.1) is 0 Å². The van der Waals surface area contributed by atoms with E-state index in [0.717, 1.165) is 12.1 Å². The highest BCUT2D eigenvalue weighted by Gasteiger charge is 2.54. The Balaban J connectivity index is 1.54. The number of carbonyl (C=O) groups excluding carboxylic acids is 2. The van der Waals surface area contributed by atoms with Gasteiger partial charge in [-0.25, -0.2) is 9.97 Å². The minimum atomic E-state index is -0.112. The standard InChI is InChI=1S/C21H25N5O2/c1-24(2)12-21-13-25(19(27)16-6-4-3-5-7-16)10-18(21)11-26(14-21)20(28)17-8-22-15-23-9-17/h3-9,15,18H,10-14H2,1-2H3/t18-,21+/m1/s1. The molecule has 146 valence electrons. The highest BCUT2D eigenvalue weighted by Crippen LogP contribution is 2.43. The molecule has 3 heterocycles. The summed E-state index contributed by atoms with van der Waals surface area (Å²) in [6, 6.07) is 9.42.